The quantitative estimate of drug-likeness (QED) is 0.468. The summed E-state index contributed by atoms with van der Waals surface area (Å²) in [4.78, 5) is 21.6. The Morgan fingerprint density at radius 1 is 1.44 bits per heavy atom. The fourth-order valence-corrected chi connectivity index (χ4v) is 1.45. The van der Waals surface area contributed by atoms with Crippen molar-refractivity contribution in [2.24, 2.45) is 0 Å². The molecule has 0 unspecified atom stereocenters. The highest BCUT2D eigenvalue weighted by molar-refractivity contribution is 6.32. The lowest BCUT2D eigenvalue weighted by Gasteiger charge is -2.06. The Labute approximate surface area is 110 Å². The summed E-state index contributed by atoms with van der Waals surface area (Å²) >= 11 is 5.92. The van der Waals surface area contributed by atoms with Gasteiger partial charge >= 0.3 is 5.97 Å². The average molecular weight is 269 g/mol. The van der Waals surface area contributed by atoms with Crippen LogP contribution >= 0.6 is 11.6 Å². The van der Waals surface area contributed by atoms with E-state index in [4.69, 9.17) is 16.3 Å². The van der Waals surface area contributed by atoms with E-state index < -0.39 is 5.97 Å². The fraction of sp³-hybridized carbons (Fsp3) is 0.231. The monoisotopic (exact) mass is 268 g/mol. The third-order valence-corrected chi connectivity index (χ3v) is 2.52. The predicted octanol–water partition coefficient (Wildman–Crippen LogP) is 2.65. The predicted molar refractivity (Wildman–Crippen MR) is 68.1 cm³/mol. The Morgan fingerprint density at radius 3 is 2.72 bits per heavy atom. The van der Waals surface area contributed by atoms with Crippen LogP contribution in [0.15, 0.2) is 29.8 Å². The van der Waals surface area contributed by atoms with Crippen LogP contribution in [0.3, 0.4) is 0 Å². The number of hydrogen-bond acceptors (Lipinski definition) is 4. The molecular weight excluding hydrogens is 256 g/mol. The van der Waals surface area contributed by atoms with E-state index in [-0.39, 0.29) is 6.61 Å². The molecule has 0 aromatic heterocycles. The van der Waals surface area contributed by atoms with Gasteiger partial charge in [0, 0.05) is 11.1 Å². The van der Waals surface area contributed by atoms with Crippen molar-refractivity contribution < 1.29 is 19.1 Å². The van der Waals surface area contributed by atoms with Crippen molar-refractivity contribution in [1.82, 2.24) is 0 Å². The lowest BCUT2D eigenvalue weighted by Crippen LogP contribution is -2.04. The number of benzene rings is 1. The molecule has 0 aliphatic rings. The number of aldehydes is 1. The van der Waals surface area contributed by atoms with Crippen LogP contribution in [-0.4, -0.2) is 26.0 Å². The third-order valence-electron chi connectivity index (χ3n) is 2.23. The highest BCUT2D eigenvalue weighted by Crippen LogP contribution is 2.24. The maximum atomic E-state index is 11.1. The highest BCUT2D eigenvalue weighted by Gasteiger charge is 2.04. The average Bonchev–Trinajstić information content (AvgIpc) is 2.39. The molecule has 1 aromatic rings. The van der Waals surface area contributed by atoms with Crippen molar-refractivity contribution in [3.05, 3.63) is 40.4 Å². The minimum absolute atomic E-state index is 0.196. The largest absolute Gasteiger partial charge is 0.488 e. The molecule has 0 amide bonds. The molecule has 0 spiro atoms. The SMILES string of the molecule is COC(=O)C(C)=CCOc1ccc(C=O)cc1Cl. The van der Waals surface area contributed by atoms with Crippen LogP contribution in [0.25, 0.3) is 0 Å². The van der Waals surface area contributed by atoms with E-state index in [2.05, 4.69) is 4.74 Å². The van der Waals surface area contributed by atoms with E-state index in [0.29, 0.717) is 28.2 Å². The van der Waals surface area contributed by atoms with Gasteiger partial charge in [-0.15, -0.1) is 0 Å². The van der Waals surface area contributed by atoms with Crippen molar-refractivity contribution in [3.63, 3.8) is 0 Å². The Morgan fingerprint density at radius 2 is 2.17 bits per heavy atom. The molecule has 0 aliphatic heterocycles. The molecule has 0 atom stereocenters. The van der Waals surface area contributed by atoms with Crippen LogP contribution in [0.1, 0.15) is 17.3 Å². The standard InChI is InChI=1S/C13H13ClO4/c1-9(13(16)17-2)5-6-18-12-4-3-10(8-15)7-11(12)14/h3-5,7-8H,6H2,1-2H3. The molecule has 1 rings (SSSR count). The van der Waals surface area contributed by atoms with Gasteiger partial charge < -0.3 is 9.47 Å². The van der Waals surface area contributed by atoms with Gasteiger partial charge in [-0.2, -0.15) is 0 Å². The van der Waals surface area contributed by atoms with Crippen molar-refractivity contribution >= 4 is 23.9 Å². The van der Waals surface area contributed by atoms with Gasteiger partial charge in [-0.1, -0.05) is 11.6 Å². The second kappa shape index (κ2) is 6.81. The number of hydrogen-bond donors (Lipinski definition) is 0. The normalized spacial score (nSPS) is 10.9. The molecule has 0 heterocycles. The van der Waals surface area contributed by atoms with Crippen molar-refractivity contribution in [2.75, 3.05) is 13.7 Å². The number of ether oxygens (including phenoxy) is 2. The van der Waals surface area contributed by atoms with Crippen molar-refractivity contribution in [3.8, 4) is 5.75 Å². The maximum Gasteiger partial charge on any atom is 0.333 e. The van der Waals surface area contributed by atoms with Crippen LogP contribution in [0, 0.1) is 0 Å². The number of esters is 1. The second-order valence-corrected chi connectivity index (χ2v) is 3.90. The fourth-order valence-electron chi connectivity index (χ4n) is 1.21. The maximum absolute atomic E-state index is 11.1. The molecule has 0 bridgehead atoms. The summed E-state index contributed by atoms with van der Waals surface area (Å²) in [5.41, 5.74) is 0.937. The Kier molecular flexibility index (Phi) is 5.39. The Balaban J connectivity index is 2.64. The zero-order chi connectivity index (χ0) is 13.5. The summed E-state index contributed by atoms with van der Waals surface area (Å²) in [6, 6.07) is 4.72. The smallest absolute Gasteiger partial charge is 0.333 e. The first-order valence-electron chi connectivity index (χ1n) is 5.21. The summed E-state index contributed by atoms with van der Waals surface area (Å²) in [5, 5.41) is 0.351. The first-order chi connectivity index (χ1) is 8.58. The number of halogens is 1. The molecule has 0 saturated heterocycles. The van der Waals surface area contributed by atoms with E-state index in [1.807, 2.05) is 0 Å². The van der Waals surface area contributed by atoms with Crippen LogP contribution in [-0.2, 0) is 9.53 Å². The van der Waals surface area contributed by atoms with Gasteiger partial charge in [0.1, 0.15) is 18.6 Å². The molecular formula is C13H13ClO4. The molecule has 0 N–H and O–H groups in total. The molecule has 0 aliphatic carbocycles. The molecule has 96 valence electrons. The molecule has 0 saturated carbocycles. The molecule has 0 fully saturated rings. The van der Waals surface area contributed by atoms with E-state index >= 15 is 0 Å². The van der Waals surface area contributed by atoms with Gasteiger partial charge in [-0.25, -0.2) is 4.79 Å². The molecule has 4 nitrogen and oxygen atoms in total. The van der Waals surface area contributed by atoms with Gasteiger partial charge in [-0.05, 0) is 31.2 Å². The minimum Gasteiger partial charge on any atom is -0.488 e. The van der Waals surface area contributed by atoms with E-state index in [1.54, 1.807) is 25.1 Å². The first kappa shape index (κ1) is 14.3. The number of carbonyl (C=O) groups is 2. The number of rotatable bonds is 5. The Hall–Kier alpha value is -1.81. The van der Waals surface area contributed by atoms with E-state index in [1.165, 1.54) is 13.2 Å². The zero-order valence-corrected chi connectivity index (χ0v) is 10.9. The third kappa shape index (κ3) is 3.89. The molecule has 1 aromatic carbocycles. The lowest BCUT2D eigenvalue weighted by molar-refractivity contribution is -0.136. The molecule has 0 radical (unpaired) electrons. The van der Waals surface area contributed by atoms with Crippen LogP contribution in [0.2, 0.25) is 5.02 Å². The van der Waals surface area contributed by atoms with Crippen LogP contribution in [0.5, 0.6) is 5.75 Å². The minimum atomic E-state index is -0.402. The summed E-state index contributed by atoms with van der Waals surface area (Å²) < 4.78 is 9.91. The topological polar surface area (TPSA) is 52.6 Å². The van der Waals surface area contributed by atoms with Gasteiger partial charge in [0.05, 0.1) is 12.1 Å². The van der Waals surface area contributed by atoms with Gasteiger partial charge in [0.2, 0.25) is 0 Å². The summed E-state index contributed by atoms with van der Waals surface area (Å²) in [5.74, 6) is 0.0529. The van der Waals surface area contributed by atoms with Gasteiger partial charge in [-0.3, -0.25) is 4.79 Å². The summed E-state index contributed by atoms with van der Waals surface area (Å²) in [6.07, 6.45) is 2.30. The first-order valence-corrected chi connectivity index (χ1v) is 5.59. The zero-order valence-electron chi connectivity index (χ0n) is 10.1. The van der Waals surface area contributed by atoms with E-state index in [0.717, 1.165) is 0 Å². The molecule has 18 heavy (non-hydrogen) atoms. The van der Waals surface area contributed by atoms with Crippen molar-refractivity contribution in [2.45, 2.75) is 6.92 Å². The lowest BCUT2D eigenvalue weighted by atomic mass is 10.2. The second-order valence-electron chi connectivity index (χ2n) is 3.50. The van der Waals surface area contributed by atoms with Crippen LogP contribution < -0.4 is 4.74 Å². The number of methoxy groups -OCH3 is 1. The summed E-state index contributed by atoms with van der Waals surface area (Å²) in [7, 11) is 1.32. The molecule has 5 heteroatoms. The van der Waals surface area contributed by atoms with Gasteiger partial charge in [0.15, 0.2) is 0 Å². The highest BCUT2D eigenvalue weighted by atomic mass is 35.5. The number of carbonyl (C=O) groups excluding carboxylic acids is 2. The summed E-state index contributed by atoms with van der Waals surface area (Å²) in [6.45, 7) is 1.83. The van der Waals surface area contributed by atoms with Crippen molar-refractivity contribution in [1.29, 1.82) is 0 Å². The van der Waals surface area contributed by atoms with Gasteiger partial charge in [0.25, 0.3) is 0 Å². The Bertz CT molecular complexity index is 480. The van der Waals surface area contributed by atoms with Crippen LogP contribution in [0.4, 0.5) is 0 Å². The van der Waals surface area contributed by atoms with E-state index in [9.17, 15) is 9.59 Å².